The maximum absolute atomic E-state index is 12.4. The van der Waals surface area contributed by atoms with Crippen LogP contribution in [0.5, 0.6) is 5.75 Å². The third kappa shape index (κ3) is 5.11. The van der Waals surface area contributed by atoms with E-state index in [-0.39, 0.29) is 25.4 Å². The van der Waals surface area contributed by atoms with Crippen LogP contribution in [0.4, 0.5) is 0 Å². The highest BCUT2D eigenvalue weighted by Crippen LogP contribution is 2.32. The lowest BCUT2D eigenvalue weighted by Gasteiger charge is -2.12. The zero-order chi connectivity index (χ0) is 21.0. The van der Waals surface area contributed by atoms with Gasteiger partial charge in [0.15, 0.2) is 0 Å². The Hall–Kier alpha value is -2.50. The summed E-state index contributed by atoms with van der Waals surface area (Å²) < 4.78 is 16.2. The van der Waals surface area contributed by atoms with Crippen LogP contribution in [0.25, 0.3) is 11.0 Å². The van der Waals surface area contributed by atoms with Gasteiger partial charge in [0.05, 0.1) is 11.6 Å². The molecule has 0 atom stereocenters. The van der Waals surface area contributed by atoms with Crippen LogP contribution in [-0.2, 0) is 22.6 Å². The number of carbonyl (C=O) groups is 1. The standard InChI is InChI=1S/C22H20Cl2O5/c1-3-27-21(25)8-7-16-13(2)17-10-18(24)20(11-19(17)29-22(16)26)28-12-14-5-4-6-15(23)9-14/h4-6,9-11H,3,7-8,12H2,1-2H3. The molecule has 29 heavy (non-hydrogen) atoms. The van der Waals surface area contributed by atoms with Crippen molar-refractivity contribution in [3.05, 3.63) is 73.6 Å². The van der Waals surface area contributed by atoms with Gasteiger partial charge in [0.1, 0.15) is 17.9 Å². The van der Waals surface area contributed by atoms with Gasteiger partial charge in [-0.2, -0.15) is 0 Å². The van der Waals surface area contributed by atoms with E-state index in [2.05, 4.69) is 0 Å². The fourth-order valence-electron chi connectivity index (χ4n) is 3.04. The molecule has 152 valence electrons. The summed E-state index contributed by atoms with van der Waals surface area (Å²) in [5, 5.41) is 1.71. The SMILES string of the molecule is CCOC(=O)CCc1c(C)c2cc(Cl)c(OCc3cccc(Cl)c3)cc2oc1=O. The minimum Gasteiger partial charge on any atom is -0.487 e. The molecule has 5 nitrogen and oxygen atoms in total. The number of ether oxygens (including phenoxy) is 2. The van der Waals surface area contributed by atoms with Crippen LogP contribution in [-0.4, -0.2) is 12.6 Å². The van der Waals surface area contributed by atoms with Gasteiger partial charge in [0.2, 0.25) is 0 Å². The molecule has 1 heterocycles. The highest BCUT2D eigenvalue weighted by Gasteiger charge is 2.16. The smallest absolute Gasteiger partial charge is 0.339 e. The predicted molar refractivity (Wildman–Crippen MR) is 113 cm³/mol. The van der Waals surface area contributed by atoms with Gasteiger partial charge in [-0.3, -0.25) is 4.79 Å². The normalized spacial score (nSPS) is 10.9. The number of benzene rings is 2. The van der Waals surface area contributed by atoms with Gasteiger partial charge in [0.25, 0.3) is 0 Å². The first-order chi connectivity index (χ1) is 13.9. The summed E-state index contributed by atoms with van der Waals surface area (Å²) in [6.07, 6.45) is 0.354. The molecule has 0 unspecified atom stereocenters. The fourth-order valence-corrected chi connectivity index (χ4v) is 3.47. The second-order valence-corrected chi connectivity index (χ2v) is 7.34. The number of aryl methyl sites for hydroxylation is 1. The van der Waals surface area contributed by atoms with Crippen molar-refractivity contribution in [1.82, 2.24) is 0 Å². The molecule has 0 fully saturated rings. The first-order valence-corrected chi connectivity index (χ1v) is 9.93. The van der Waals surface area contributed by atoms with Crippen molar-refractivity contribution in [1.29, 1.82) is 0 Å². The van der Waals surface area contributed by atoms with E-state index in [0.29, 0.717) is 38.9 Å². The Morgan fingerprint density at radius 2 is 1.97 bits per heavy atom. The summed E-state index contributed by atoms with van der Waals surface area (Å²) >= 11 is 12.4. The van der Waals surface area contributed by atoms with Gasteiger partial charge in [-0.05, 0) is 49.6 Å². The lowest BCUT2D eigenvalue weighted by atomic mass is 10.0. The summed E-state index contributed by atoms with van der Waals surface area (Å²) in [4.78, 5) is 24.0. The van der Waals surface area contributed by atoms with Gasteiger partial charge in [-0.1, -0.05) is 35.3 Å². The van der Waals surface area contributed by atoms with Crippen LogP contribution in [0.2, 0.25) is 10.0 Å². The minimum absolute atomic E-state index is 0.111. The summed E-state index contributed by atoms with van der Waals surface area (Å²) in [5.74, 6) is 0.0511. The Labute approximate surface area is 178 Å². The zero-order valence-corrected chi connectivity index (χ0v) is 17.6. The molecule has 0 saturated heterocycles. The van der Waals surface area contributed by atoms with E-state index in [4.69, 9.17) is 37.1 Å². The molecule has 0 aliphatic carbocycles. The van der Waals surface area contributed by atoms with Crippen molar-refractivity contribution in [3.8, 4) is 5.75 Å². The summed E-state index contributed by atoms with van der Waals surface area (Å²) in [7, 11) is 0. The molecule has 0 spiro atoms. The Bertz CT molecular complexity index is 1100. The monoisotopic (exact) mass is 434 g/mol. The molecular formula is C22H20Cl2O5. The van der Waals surface area contributed by atoms with E-state index in [1.165, 1.54) is 0 Å². The van der Waals surface area contributed by atoms with E-state index in [9.17, 15) is 9.59 Å². The highest BCUT2D eigenvalue weighted by atomic mass is 35.5. The lowest BCUT2D eigenvalue weighted by molar-refractivity contribution is -0.143. The van der Waals surface area contributed by atoms with Gasteiger partial charge in [0, 0.05) is 28.5 Å². The molecule has 0 saturated carbocycles. The topological polar surface area (TPSA) is 65.7 Å². The lowest BCUT2D eigenvalue weighted by Crippen LogP contribution is -2.13. The number of halogens is 2. The molecule has 0 amide bonds. The molecule has 0 aliphatic rings. The Balaban J connectivity index is 1.87. The zero-order valence-electron chi connectivity index (χ0n) is 16.1. The first kappa shape index (κ1) is 21.2. The number of carbonyl (C=O) groups excluding carboxylic acids is 1. The summed E-state index contributed by atoms with van der Waals surface area (Å²) in [6, 6.07) is 10.6. The van der Waals surface area contributed by atoms with E-state index in [1.807, 2.05) is 19.1 Å². The Morgan fingerprint density at radius 1 is 1.17 bits per heavy atom. The quantitative estimate of drug-likeness (QED) is 0.363. The molecule has 1 aromatic heterocycles. The van der Waals surface area contributed by atoms with Crippen molar-refractivity contribution < 1.29 is 18.7 Å². The van der Waals surface area contributed by atoms with Crippen molar-refractivity contribution >= 4 is 40.1 Å². The van der Waals surface area contributed by atoms with E-state index in [1.54, 1.807) is 31.2 Å². The van der Waals surface area contributed by atoms with E-state index in [0.717, 1.165) is 11.1 Å². The molecule has 0 radical (unpaired) electrons. The van der Waals surface area contributed by atoms with E-state index >= 15 is 0 Å². The Kier molecular flexibility index (Phi) is 6.83. The van der Waals surface area contributed by atoms with Crippen molar-refractivity contribution in [3.63, 3.8) is 0 Å². The molecule has 3 aromatic rings. The molecule has 0 bridgehead atoms. The van der Waals surface area contributed by atoms with Crippen molar-refractivity contribution in [2.45, 2.75) is 33.3 Å². The Morgan fingerprint density at radius 3 is 2.69 bits per heavy atom. The van der Waals surface area contributed by atoms with Crippen LogP contribution in [0.1, 0.15) is 30.0 Å². The molecule has 7 heteroatoms. The van der Waals surface area contributed by atoms with Crippen LogP contribution >= 0.6 is 23.2 Å². The number of rotatable bonds is 7. The second-order valence-electron chi connectivity index (χ2n) is 6.50. The van der Waals surface area contributed by atoms with Crippen LogP contribution in [0.3, 0.4) is 0 Å². The maximum atomic E-state index is 12.4. The minimum atomic E-state index is -0.484. The maximum Gasteiger partial charge on any atom is 0.339 e. The highest BCUT2D eigenvalue weighted by molar-refractivity contribution is 6.32. The van der Waals surface area contributed by atoms with Crippen LogP contribution in [0.15, 0.2) is 45.6 Å². The van der Waals surface area contributed by atoms with Crippen molar-refractivity contribution in [2.24, 2.45) is 0 Å². The summed E-state index contributed by atoms with van der Waals surface area (Å²) in [6.45, 7) is 4.12. The summed E-state index contributed by atoms with van der Waals surface area (Å²) in [5.41, 5.74) is 1.94. The largest absolute Gasteiger partial charge is 0.487 e. The third-order valence-corrected chi connectivity index (χ3v) is 5.04. The number of fused-ring (bicyclic) bond motifs is 1. The van der Waals surface area contributed by atoms with Gasteiger partial charge >= 0.3 is 11.6 Å². The van der Waals surface area contributed by atoms with Crippen molar-refractivity contribution in [2.75, 3.05) is 6.61 Å². The molecule has 0 aliphatic heterocycles. The number of esters is 1. The van der Waals surface area contributed by atoms with Crippen LogP contribution < -0.4 is 10.4 Å². The van der Waals surface area contributed by atoms with Gasteiger partial charge in [-0.15, -0.1) is 0 Å². The average molecular weight is 435 g/mol. The van der Waals surface area contributed by atoms with E-state index < -0.39 is 5.63 Å². The van der Waals surface area contributed by atoms with Gasteiger partial charge in [-0.25, -0.2) is 4.79 Å². The van der Waals surface area contributed by atoms with Crippen LogP contribution in [0, 0.1) is 6.92 Å². The fraction of sp³-hybridized carbons (Fsp3) is 0.273. The molecular weight excluding hydrogens is 415 g/mol. The molecule has 2 aromatic carbocycles. The predicted octanol–water partition coefficient (Wildman–Crippen LogP) is 5.48. The number of hydrogen-bond acceptors (Lipinski definition) is 5. The number of hydrogen-bond donors (Lipinski definition) is 0. The first-order valence-electron chi connectivity index (χ1n) is 9.17. The molecule has 3 rings (SSSR count). The molecule has 0 N–H and O–H groups in total. The third-order valence-electron chi connectivity index (χ3n) is 4.51. The average Bonchev–Trinajstić information content (AvgIpc) is 2.67. The second kappa shape index (κ2) is 9.33. The van der Waals surface area contributed by atoms with Gasteiger partial charge < -0.3 is 13.9 Å².